The van der Waals surface area contributed by atoms with Gasteiger partial charge in [-0.1, -0.05) is 40.5 Å². The minimum absolute atomic E-state index is 0.741. The van der Waals surface area contributed by atoms with Crippen LogP contribution < -0.4 is 5.73 Å². The highest BCUT2D eigenvalue weighted by atomic mass is 14.6. The molecular weight excluding hydrogens is 146 g/mol. The largest absolute Gasteiger partial charge is 0.330 e. The average molecular weight is 171 g/mol. The van der Waals surface area contributed by atoms with Gasteiger partial charge in [0.05, 0.1) is 0 Å². The van der Waals surface area contributed by atoms with Crippen molar-refractivity contribution >= 4 is 0 Å². The van der Waals surface area contributed by atoms with Crippen LogP contribution in [-0.4, -0.2) is 6.54 Å². The van der Waals surface area contributed by atoms with Crippen molar-refractivity contribution in [1.82, 2.24) is 0 Å². The van der Waals surface area contributed by atoms with Gasteiger partial charge in [-0.05, 0) is 30.7 Å². The summed E-state index contributed by atoms with van der Waals surface area (Å²) < 4.78 is 0. The fourth-order valence-corrected chi connectivity index (χ4v) is 1.86. The van der Waals surface area contributed by atoms with Crippen LogP contribution in [0.2, 0.25) is 0 Å². The molecule has 0 radical (unpaired) electrons. The third-order valence-corrected chi connectivity index (χ3v) is 2.63. The van der Waals surface area contributed by atoms with E-state index in [4.69, 9.17) is 5.73 Å². The molecule has 0 spiro atoms. The van der Waals surface area contributed by atoms with E-state index in [0.717, 1.165) is 24.3 Å². The van der Waals surface area contributed by atoms with Crippen molar-refractivity contribution in [2.45, 2.75) is 47.0 Å². The first-order valence-corrected chi connectivity index (χ1v) is 5.31. The van der Waals surface area contributed by atoms with E-state index in [2.05, 4.69) is 27.7 Å². The van der Waals surface area contributed by atoms with Crippen LogP contribution >= 0.6 is 0 Å². The van der Waals surface area contributed by atoms with E-state index < -0.39 is 0 Å². The summed E-state index contributed by atoms with van der Waals surface area (Å²) in [7, 11) is 0. The van der Waals surface area contributed by atoms with E-state index in [-0.39, 0.29) is 0 Å². The monoisotopic (exact) mass is 171 g/mol. The molecule has 0 aliphatic heterocycles. The van der Waals surface area contributed by atoms with Gasteiger partial charge in [0.2, 0.25) is 0 Å². The second-order valence-corrected chi connectivity index (χ2v) is 4.39. The Morgan fingerprint density at radius 2 is 1.75 bits per heavy atom. The summed E-state index contributed by atoms with van der Waals surface area (Å²) in [4.78, 5) is 0. The van der Waals surface area contributed by atoms with Gasteiger partial charge in [0.1, 0.15) is 0 Å². The van der Waals surface area contributed by atoms with Gasteiger partial charge in [0, 0.05) is 0 Å². The zero-order valence-electron chi connectivity index (χ0n) is 9.14. The first-order chi connectivity index (χ1) is 5.61. The molecular formula is C11H25N. The molecule has 0 amide bonds. The quantitative estimate of drug-likeness (QED) is 0.653. The molecule has 12 heavy (non-hydrogen) atoms. The van der Waals surface area contributed by atoms with Crippen molar-refractivity contribution in [2.24, 2.45) is 23.5 Å². The molecule has 0 aromatic rings. The molecule has 2 unspecified atom stereocenters. The van der Waals surface area contributed by atoms with Crippen LogP contribution in [0.25, 0.3) is 0 Å². The van der Waals surface area contributed by atoms with Crippen LogP contribution in [0.4, 0.5) is 0 Å². The van der Waals surface area contributed by atoms with Crippen LogP contribution in [-0.2, 0) is 0 Å². The number of hydrogen-bond acceptors (Lipinski definition) is 1. The van der Waals surface area contributed by atoms with Crippen LogP contribution in [0.15, 0.2) is 0 Å². The van der Waals surface area contributed by atoms with Crippen molar-refractivity contribution in [3.05, 3.63) is 0 Å². The first-order valence-electron chi connectivity index (χ1n) is 5.31. The van der Waals surface area contributed by atoms with Crippen LogP contribution in [0.5, 0.6) is 0 Å². The van der Waals surface area contributed by atoms with Crippen molar-refractivity contribution in [2.75, 3.05) is 6.54 Å². The minimum Gasteiger partial charge on any atom is -0.330 e. The standard InChI is InChI=1S/C11H25N/c1-5-6-10(4)11(8-12)7-9(2)3/h9-11H,5-8,12H2,1-4H3. The molecule has 0 saturated heterocycles. The van der Waals surface area contributed by atoms with Gasteiger partial charge in [-0.25, -0.2) is 0 Å². The Hall–Kier alpha value is -0.0400. The minimum atomic E-state index is 0.741. The molecule has 0 rings (SSSR count). The second kappa shape index (κ2) is 6.47. The lowest BCUT2D eigenvalue weighted by atomic mass is 9.84. The first kappa shape index (κ1) is 12.0. The third kappa shape index (κ3) is 4.76. The molecule has 0 aromatic carbocycles. The molecule has 2 N–H and O–H groups in total. The lowest BCUT2D eigenvalue weighted by Crippen LogP contribution is -2.23. The summed E-state index contributed by atoms with van der Waals surface area (Å²) in [5.41, 5.74) is 5.75. The summed E-state index contributed by atoms with van der Waals surface area (Å²) in [6, 6.07) is 0. The zero-order valence-corrected chi connectivity index (χ0v) is 9.14. The van der Waals surface area contributed by atoms with E-state index in [9.17, 15) is 0 Å². The Labute approximate surface area is 77.7 Å². The maximum absolute atomic E-state index is 5.75. The molecule has 1 nitrogen and oxygen atoms in total. The molecule has 0 heterocycles. The van der Waals surface area contributed by atoms with Gasteiger partial charge in [0.25, 0.3) is 0 Å². The summed E-state index contributed by atoms with van der Waals surface area (Å²) in [5.74, 6) is 2.34. The fraction of sp³-hybridized carbons (Fsp3) is 1.00. The summed E-state index contributed by atoms with van der Waals surface area (Å²) in [5, 5.41) is 0. The Balaban J connectivity index is 3.78. The molecule has 0 aromatic heterocycles. The summed E-state index contributed by atoms with van der Waals surface area (Å²) >= 11 is 0. The van der Waals surface area contributed by atoms with Crippen molar-refractivity contribution in [3.8, 4) is 0 Å². The Morgan fingerprint density at radius 3 is 2.08 bits per heavy atom. The Bertz CT molecular complexity index is 99.2. The Kier molecular flexibility index (Phi) is 6.45. The molecule has 1 heteroatoms. The Morgan fingerprint density at radius 1 is 1.17 bits per heavy atom. The van der Waals surface area contributed by atoms with Crippen LogP contribution in [0.3, 0.4) is 0 Å². The van der Waals surface area contributed by atoms with Crippen molar-refractivity contribution in [1.29, 1.82) is 0 Å². The highest BCUT2D eigenvalue weighted by Gasteiger charge is 2.15. The summed E-state index contributed by atoms with van der Waals surface area (Å²) in [6.07, 6.45) is 3.90. The normalized spacial score (nSPS) is 16.5. The number of hydrogen-bond donors (Lipinski definition) is 1. The topological polar surface area (TPSA) is 26.0 Å². The van der Waals surface area contributed by atoms with E-state index in [1.807, 2.05) is 0 Å². The van der Waals surface area contributed by atoms with E-state index in [1.54, 1.807) is 0 Å². The van der Waals surface area contributed by atoms with Crippen molar-refractivity contribution in [3.63, 3.8) is 0 Å². The molecule has 0 bridgehead atoms. The molecule has 0 aliphatic rings. The lowest BCUT2D eigenvalue weighted by molar-refractivity contribution is 0.290. The predicted molar refractivity (Wildman–Crippen MR) is 56.1 cm³/mol. The van der Waals surface area contributed by atoms with Gasteiger partial charge in [0.15, 0.2) is 0 Å². The van der Waals surface area contributed by atoms with E-state index >= 15 is 0 Å². The summed E-state index contributed by atoms with van der Waals surface area (Å²) in [6.45, 7) is 10.0. The van der Waals surface area contributed by atoms with Gasteiger partial charge >= 0.3 is 0 Å². The van der Waals surface area contributed by atoms with E-state index in [0.29, 0.717) is 0 Å². The smallest absolute Gasteiger partial charge is 0.00462 e. The van der Waals surface area contributed by atoms with E-state index in [1.165, 1.54) is 19.3 Å². The fourth-order valence-electron chi connectivity index (χ4n) is 1.86. The van der Waals surface area contributed by atoms with Gasteiger partial charge in [-0.3, -0.25) is 0 Å². The van der Waals surface area contributed by atoms with Crippen LogP contribution in [0, 0.1) is 17.8 Å². The number of rotatable bonds is 6. The van der Waals surface area contributed by atoms with Gasteiger partial charge in [-0.15, -0.1) is 0 Å². The van der Waals surface area contributed by atoms with Crippen LogP contribution in [0.1, 0.15) is 47.0 Å². The van der Waals surface area contributed by atoms with Gasteiger partial charge in [-0.2, -0.15) is 0 Å². The predicted octanol–water partition coefficient (Wildman–Crippen LogP) is 3.04. The average Bonchev–Trinajstić information content (AvgIpc) is 2.00. The molecule has 2 atom stereocenters. The maximum Gasteiger partial charge on any atom is -0.00462 e. The van der Waals surface area contributed by atoms with Crippen molar-refractivity contribution < 1.29 is 0 Å². The zero-order chi connectivity index (χ0) is 9.56. The maximum atomic E-state index is 5.75. The lowest BCUT2D eigenvalue weighted by Gasteiger charge is -2.23. The third-order valence-electron chi connectivity index (χ3n) is 2.63. The molecule has 0 saturated carbocycles. The van der Waals surface area contributed by atoms with Gasteiger partial charge < -0.3 is 5.73 Å². The molecule has 0 fully saturated rings. The second-order valence-electron chi connectivity index (χ2n) is 4.39. The SMILES string of the molecule is CCCC(C)C(CN)CC(C)C. The molecule has 0 aliphatic carbocycles. The highest BCUT2D eigenvalue weighted by molar-refractivity contribution is 4.68. The molecule has 74 valence electrons. The number of nitrogens with two attached hydrogens (primary N) is 1. The highest BCUT2D eigenvalue weighted by Crippen LogP contribution is 2.22.